The maximum atomic E-state index is 11.3. The van der Waals surface area contributed by atoms with Crippen molar-refractivity contribution in [2.75, 3.05) is 7.05 Å². The Balaban J connectivity index is 2.55. The summed E-state index contributed by atoms with van der Waals surface area (Å²) >= 11 is 0. The van der Waals surface area contributed by atoms with E-state index in [1.807, 2.05) is 0 Å². The fourth-order valence-corrected chi connectivity index (χ4v) is 1.40. The van der Waals surface area contributed by atoms with E-state index in [1.165, 1.54) is 6.21 Å². The smallest absolute Gasteiger partial charge is 0.347 e. The molecular formula is C10H8N2O3. The SMILES string of the molecule is CN/N=C/c1cccc2c1C(=O)OC2=O. The number of esters is 2. The fraction of sp³-hybridized carbons (Fsp3) is 0.100. The van der Waals surface area contributed by atoms with Gasteiger partial charge >= 0.3 is 11.9 Å². The molecule has 0 aliphatic carbocycles. The van der Waals surface area contributed by atoms with Crippen LogP contribution in [-0.2, 0) is 4.74 Å². The summed E-state index contributed by atoms with van der Waals surface area (Å²) in [5.41, 5.74) is 3.70. The molecule has 0 bridgehead atoms. The van der Waals surface area contributed by atoms with Crippen molar-refractivity contribution in [2.45, 2.75) is 0 Å². The van der Waals surface area contributed by atoms with Crippen molar-refractivity contribution < 1.29 is 14.3 Å². The second-order valence-electron chi connectivity index (χ2n) is 2.93. The molecule has 0 aromatic heterocycles. The van der Waals surface area contributed by atoms with Gasteiger partial charge in [0.2, 0.25) is 0 Å². The van der Waals surface area contributed by atoms with Crippen LogP contribution in [0.4, 0.5) is 0 Å². The van der Waals surface area contributed by atoms with E-state index in [0.29, 0.717) is 11.1 Å². The number of fused-ring (bicyclic) bond motifs is 1. The van der Waals surface area contributed by atoms with Gasteiger partial charge in [-0.25, -0.2) is 9.59 Å². The minimum Gasteiger partial charge on any atom is -0.386 e. The van der Waals surface area contributed by atoms with Crippen LogP contribution in [0.15, 0.2) is 23.3 Å². The highest BCUT2D eigenvalue weighted by molar-refractivity contribution is 6.17. The standard InChI is InChI=1S/C10H8N2O3/c1-11-12-5-6-3-2-4-7-8(6)10(14)15-9(7)13/h2-5,11H,1H3/b12-5+. The van der Waals surface area contributed by atoms with Crippen LogP contribution in [0.2, 0.25) is 0 Å². The Bertz CT molecular complexity index is 466. The first-order valence-corrected chi connectivity index (χ1v) is 4.33. The highest BCUT2D eigenvalue weighted by atomic mass is 16.6. The van der Waals surface area contributed by atoms with Crippen LogP contribution >= 0.6 is 0 Å². The van der Waals surface area contributed by atoms with E-state index in [4.69, 9.17) is 0 Å². The Hall–Kier alpha value is -2.17. The van der Waals surface area contributed by atoms with Crippen molar-refractivity contribution >= 4 is 18.2 Å². The van der Waals surface area contributed by atoms with Crippen molar-refractivity contribution in [3.63, 3.8) is 0 Å². The van der Waals surface area contributed by atoms with Gasteiger partial charge in [-0.1, -0.05) is 12.1 Å². The van der Waals surface area contributed by atoms with Crippen molar-refractivity contribution in [1.29, 1.82) is 0 Å². The van der Waals surface area contributed by atoms with Crippen molar-refractivity contribution in [3.8, 4) is 0 Å². The molecule has 5 nitrogen and oxygen atoms in total. The molecule has 0 saturated heterocycles. The monoisotopic (exact) mass is 204 g/mol. The van der Waals surface area contributed by atoms with Crippen LogP contribution in [0.1, 0.15) is 26.3 Å². The summed E-state index contributed by atoms with van der Waals surface area (Å²) in [7, 11) is 1.64. The van der Waals surface area contributed by atoms with Gasteiger partial charge in [-0.3, -0.25) is 0 Å². The molecule has 0 atom stereocenters. The molecule has 0 amide bonds. The number of nitrogens with one attached hydrogen (secondary N) is 1. The maximum absolute atomic E-state index is 11.3. The van der Waals surface area contributed by atoms with Crippen LogP contribution in [0.3, 0.4) is 0 Å². The summed E-state index contributed by atoms with van der Waals surface area (Å²) in [6.45, 7) is 0. The van der Waals surface area contributed by atoms with Crippen LogP contribution in [-0.4, -0.2) is 25.2 Å². The number of carbonyl (C=O) groups is 2. The number of ether oxygens (including phenoxy) is 1. The summed E-state index contributed by atoms with van der Waals surface area (Å²) in [6, 6.07) is 4.93. The van der Waals surface area contributed by atoms with E-state index in [2.05, 4.69) is 15.3 Å². The average Bonchev–Trinajstić information content (AvgIpc) is 2.53. The van der Waals surface area contributed by atoms with Gasteiger partial charge in [0, 0.05) is 12.6 Å². The van der Waals surface area contributed by atoms with Crippen LogP contribution in [0, 0.1) is 0 Å². The van der Waals surface area contributed by atoms with Crippen molar-refractivity contribution in [2.24, 2.45) is 5.10 Å². The molecule has 1 N–H and O–H groups in total. The lowest BCUT2D eigenvalue weighted by atomic mass is 10.0. The highest BCUT2D eigenvalue weighted by Crippen LogP contribution is 2.22. The lowest BCUT2D eigenvalue weighted by molar-refractivity contribution is 0.0444. The van der Waals surface area contributed by atoms with Crippen LogP contribution in [0.5, 0.6) is 0 Å². The summed E-state index contributed by atoms with van der Waals surface area (Å²) in [5.74, 6) is -1.22. The number of hydrogen-bond acceptors (Lipinski definition) is 5. The molecule has 1 heterocycles. The summed E-state index contributed by atoms with van der Waals surface area (Å²) < 4.78 is 4.49. The Kier molecular flexibility index (Phi) is 2.21. The molecule has 0 unspecified atom stereocenters. The number of nitrogens with zero attached hydrogens (tertiary/aromatic N) is 1. The largest absolute Gasteiger partial charge is 0.386 e. The molecular weight excluding hydrogens is 196 g/mol. The third kappa shape index (κ3) is 1.48. The molecule has 1 aromatic rings. The number of hydrogen-bond donors (Lipinski definition) is 1. The zero-order valence-corrected chi connectivity index (χ0v) is 7.98. The van der Waals surface area contributed by atoms with Gasteiger partial charge in [-0.05, 0) is 6.07 Å². The van der Waals surface area contributed by atoms with E-state index in [1.54, 1.807) is 25.2 Å². The van der Waals surface area contributed by atoms with Crippen molar-refractivity contribution in [3.05, 3.63) is 34.9 Å². The van der Waals surface area contributed by atoms with Crippen LogP contribution < -0.4 is 5.43 Å². The zero-order valence-electron chi connectivity index (χ0n) is 7.98. The van der Waals surface area contributed by atoms with E-state index < -0.39 is 11.9 Å². The first kappa shape index (κ1) is 9.39. The highest BCUT2D eigenvalue weighted by Gasteiger charge is 2.31. The molecule has 1 aromatic carbocycles. The lowest BCUT2D eigenvalue weighted by Gasteiger charge is -1.97. The Morgan fingerprint density at radius 2 is 2.13 bits per heavy atom. The molecule has 2 rings (SSSR count). The molecule has 1 aliphatic heterocycles. The topological polar surface area (TPSA) is 67.8 Å². The van der Waals surface area contributed by atoms with Gasteiger partial charge in [-0.2, -0.15) is 5.10 Å². The third-order valence-corrected chi connectivity index (χ3v) is 2.04. The molecule has 15 heavy (non-hydrogen) atoms. The number of cyclic esters (lactones) is 2. The number of hydrazone groups is 1. The normalized spacial score (nSPS) is 14.2. The molecule has 76 valence electrons. The Labute approximate surface area is 85.7 Å². The van der Waals surface area contributed by atoms with Gasteiger partial charge in [-0.15, -0.1) is 0 Å². The van der Waals surface area contributed by atoms with Gasteiger partial charge in [0.25, 0.3) is 0 Å². The Morgan fingerprint density at radius 3 is 2.87 bits per heavy atom. The average molecular weight is 204 g/mol. The lowest BCUT2D eigenvalue weighted by Crippen LogP contribution is -2.02. The van der Waals surface area contributed by atoms with Gasteiger partial charge in [0.1, 0.15) is 0 Å². The van der Waals surface area contributed by atoms with Gasteiger partial charge in [0.05, 0.1) is 17.3 Å². The second kappa shape index (κ2) is 3.53. The number of benzene rings is 1. The van der Waals surface area contributed by atoms with Gasteiger partial charge < -0.3 is 10.2 Å². The maximum Gasteiger partial charge on any atom is 0.347 e. The first-order chi connectivity index (χ1) is 7.24. The van der Waals surface area contributed by atoms with E-state index in [9.17, 15) is 9.59 Å². The molecule has 0 radical (unpaired) electrons. The predicted octanol–water partition coefficient (Wildman–Crippen LogP) is 0.550. The quantitative estimate of drug-likeness (QED) is 0.330. The predicted molar refractivity (Wildman–Crippen MR) is 52.8 cm³/mol. The Morgan fingerprint density at radius 1 is 1.33 bits per heavy atom. The molecule has 1 aliphatic rings. The molecule has 0 spiro atoms. The first-order valence-electron chi connectivity index (χ1n) is 4.33. The number of rotatable bonds is 2. The minimum atomic E-state index is -0.617. The fourth-order valence-electron chi connectivity index (χ4n) is 1.40. The zero-order chi connectivity index (χ0) is 10.8. The van der Waals surface area contributed by atoms with Gasteiger partial charge in [0.15, 0.2) is 0 Å². The minimum absolute atomic E-state index is 0.279. The summed E-state index contributed by atoms with van der Waals surface area (Å²) in [4.78, 5) is 22.5. The third-order valence-electron chi connectivity index (χ3n) is 2.04. The second-order valence-corrected chi connectivity index (χ2v) is 2.93. The molecule has 0 saturated carbocycles. The van der Waals surface area contributed by atoms with E-state index >= 15 is 0 Å². The van der Waals surface area contributed by atoms with Crippen LogP contribution in [0.25, 0.3) is 0 Å². The summed E-state index contributed by atoms with van der Waals surface area (Å²) in [6.07, 6.45) is 1.47. The molecule has 5 heteroatoms. The van der Waals surface area contributed by atoms with E-state index in [-0.39, 0.29) is 5.56 Å². The van der Waals surface area contributed by atoms with E-state index in [0.717, 1.165) is 0 Å². The number of carbonyl (C=O) groups excluding carboxylic acids is 2. The van der Waals surface area contributed by atoms with Crippen molar-refractivity contribution in [1.82, 2.24) is 5.43 Å². The summed E-state index contributed by atoms with van der Waals surface area (Å²) in [5, 5.41) is 3.78. The molecule has 0 fully saturated rings.